The summed E-state index contributed by atoms with van der Waals surface area (Å²) in [6, 6.07) is 8.41. The van der Waals surface area contributed by atoms with Crippen LogP contribution in [0.15, 0.2) is 44.7 Å². The maximum Gasteiger partial charge on any atom is 0.315 e. The van der Waals surface area contributed by atoms with Gasteiger partial charge in [0.1, 0.15) is 5.82 Å². The van der Waals surface area contributed by atoms with E-state index in [4.69, 9.17) is 14.5 Å². The molecule has 184 valence electrons. The van der Waals surface area contributed by atoms with E-state index >= 15 is 0 Å². The molecular formula is C25H27BrN4O5. The molecule has 0 spiro atoms. The van der Waals surface area contributed by atoms with Crippen molar-refractivity contribution in [2.24, 2.45) is 5.10 Å². The molecule has 1 aliphatic rings. The number of ether oxygens (including phenoxy) is 2. The molecule has 4 rings (SSSR count). The number of nitro benzene ring substituents is 1. The van der Waals surface area contributed by atoms with Gasteiger partial charge in [-0.25, -0.2) is 4.98 Å². The highest BCUT2D eigenvalue weighted by Crippen LogP contribution is 2.38. The van der Waals surface area contributed by atoms with Crippen molar-refractivity contribution in [1.82, 2.24) is 9.66 Å². The van der Waals surface area contributed by atoms with Crippen LogP contribution >= 0.6 is 15.9 Å². The Kier molecular flexibility index (Phi) is 7.80. The first-order valence-electron chi connectivity index (χ1n) is 11.8. The molecule has 0 atom stereocenters. The minimum Gasteiger partial charge on any atom is -0.490 e. The largest absolute Gasteiger partial charge is 0.490 e. The molecule has 1 aromatic heterocycles. The summed E-state index contributed by atoms with van der Waals surface area (Å²) in [6.07, 6.45) is 6.63. The number of halogens is 1. The lowest BCUT2D eigenvalue weighted by molar-refractivity contribution is -0.385. The lowest BCUT2D eigenvalue weighted by atomic mass is 9.88. The van der Waals surface area contributed by atoms with Crippen LogP contribution in [0.3, 0.4) is 0 Å². The molecule has 0 radical (unpaired) electrons. The van der Waals surface area contributed by atoms with Crippen molar-refractivity contribution in [3.05, 3.63) is 66.7 Å². The van der Waals surface area contributed by atoms with E-state index in [2.05, 4.69) is 21.0 Å². The Morgan fingerprint density at radius 2 is 1.91 bits per heavy atom. The maximum absolute atomic E-state index is 13.5. The second-order valence-electron chi connectivity index (χ2n) is 8.32. The van der Waals surface area contributed by atoms with Crippen LogP contribution in [0.2, 0.25) is 0 Å². The predicted octanol–water partition coefficient (Wildman–Crippen LogP) is 5.79. The monoisotopic (exact) mass is 542 g/mol. The van der Waals surface area contributed by atoms with Gasteiger partial charge < -0.3 is 9.47 Å². The summed E-state index contributed by atoms with van der Waals surface area (Å²) in [5, 5.41) is 16.7. The van der Waals surface area contributed by atoms with Crippen LogP contribution in [-0.4, -0.2) is 34.0 Å². The van der Waals surface area contributed by atoms with Gasteiger partial charge in [-0.2, -0.15) is 9.78 Å². The molecule has 1 saturated carbocycles. The first-order valence-corrected chi connectivity index (χ1v) is 12.6. The second kappa shape index (κ2) is 11.0. The van der Waals surface area contributed by atoms with Gasteiger partial charge in [0, 0.05) is 22.0 Å². The molecule has 0 bridgehead atoms. The molecule has 35 heavy (non-hydrogen) atoms. The molecule has 1 heterocycles. The van der Waals surface area contributed by atoms with E-state index in [1.165, 1.54) is 23.4 Å². The molecule has 1 aliphatic carbocycles. The number of nitrogens with zero attached hydrogens (tertiary/aromatic N) is 4. The van der Waals surface area contributed by atoms with Crippen molar-refractivity contribution in [3.63, 3.8) is 0 Å². The summed E-state index contributed by atoms with van der Waals surface area (Å²) >= 11 is 3.42. The van der Waals surface area contributed by atoms with E-state index in [1.54, 1.807) is 26.0 Å². The Balaban J connectivity index is 1.86. The van der Waals surface area contributed by atoms with Gasteiger partial charge >= 0.3 is 5.69 Å². The molecule has 0 unspecified atom stereocenters. The Labute approximate surface area is 211 Å². The minimum absolute atomic E-state index is 0.0776. The number of rotatable bonds is 8. The third kappa shape index (κ3) is 5.37. The number of aromatic nitrogens is 2. The van der Waals surface area contributed by atoms with Crippen LogP contribution in [0.25, 0.3) is 10.9 Å². The highest BCUT2D eigenvalue weighted by molar-refractivity contribution is 9.10. The van der Waals surface area contributed by atoms with Gasteiger partial charge in [-0.1, -0.05) is 35.2 Å². The predicted molar refractivity (Wildman–Crippen MR) is 138 cm³/mol. The maximum atomic E-state index is 13.5. The summed E-state index contributed by atoms with van der Waals surface area (Å²) in [5.41, 5.74) is 0.540. The highest BCUT2D eigenvalue weighted by atomic mass is 79.9. The van der Waals surface area contributed by atoms with Crippen molar-refractivity contribution >= 4 is 38.7 Å². The third-order valence-electron chi connectivity index (χ3n) is 5.97. The average Bonchev–Trinajstić information content (AvgIpc) is 2.85. The van der Waals surface area contributed by atoms with Crippen molar-refractivity contribution < 1.29 is 14.4 Å². The van der Waals surface area contributed by atoms with Crippen molar-refractivity contribution in [2.45, 2.75) is 51.9 Å². The molecule has 10 heteroatoms. The molecule has 0 amide bonds. The van der Waals surface area contributed by atoms with Crippen LogP contribution < -0.4 is 15.0 Å². The molecular weight excluding hydrogens is 516 g/mol. The van der Waals surface area contributed by atoms with E-state index in [0.717, 1.165) is 30.2 Å². The van der Waals surface area contributed by atoms with Gasteiger partial charge in [-0.05, 0) is 51.0 Å². The fourth-order valence-electron chi connectivity index (χ4n) is 4.40. The zero-order chi connectivity index (χ0) is 24.9. The average molecular weight is 543 g/mol. The Morgan fingerprint density at radius 1 is 1.17 bits per heavy atom. The van der Waals surface area contributed by atoms with E-state index in [0.29, 0.717) is 28.9 Å². The number of hydrogen-bond acceptors (Lipinski definition) is 7. The molecule has 0 saturated heterocycles. The number of benzene rings is 2. The molecule has 3 aromatic rings. The molecule has 0 N–H and O–H groups in total. The van der Waals surface area contributed by atoms with Gasteiger partial charge in [0.05, 0.1) is 35.3 Å². The summed E-state index contributed by atoms with van der Waals surface area (Å²) in [4.78, 5) is 29.5. The van der Waals surface area contributed by atoms with E-state index in [-0.39, 0.29) is 35.3 Å². The molecule has 2 aromatic carbocycles. The number of nitro groups is 1. The van der Waals surface area contributed by atoms with Gasteiger partial charge in [0.25, 0.3) is 5.56 Å². The fourth-order valence-corrected chi connectivity index (χ4v) is 4.76. The summed E-state index contributed by atoms with van der Waals surface area (Å²) in [6.45, 7) is 4.11. The van der Waals surface area contributed by atoms with Crippen LogP contribution in [0.5, 0.6) is 11.5 Å². The minimum atomic E-state index is -0.514. The highest BCUT2D eigenvalue weighted by Gasteiger charge is 2.24. The first kappa shape index (κ1) is 24.8. The zero-order valence-corrected chi connectivity index (χ0v) is 21.3. The zero-order valence-electron chi connectivity index (χ0n) is 19.7. The van der Waals surface area contributed by atoms with Crippen molar-refractivity contribution in [2.75, 3.05) is 13.2 Å². The summed E-state index contributed by atoms with van der Waals surface area (Å²) in [5.74, 6) is 1.07. The fraction of sp³-hybridized carbons (Fsp3) is 0.400. The Hall–Kier alpha value is -3.27. The van der Waals surface area contributed by atoms with E-state index < -0.39 is 4.92 Å². The molecule has 1 fully saturated rings. The second-order valence-corrected chi connectivity index (χ2v) is 9.23. The quantitative estimate of drug-likeness (QED) is 0.202. The van der Waals surface area contributed by atoms with Crippen molar-refractivity contribution in [1.29, 1.82) is 0 Å². The molecule has 9 nitrogen and oxygen atoms in total. The van der Waals surface area contributed by atoms with E-state index in [1.807, 2.05) is 12.1 Å². The lowest BCUT2D eigenvalue weighted by Crippen LogP contribution is -2.25. The summed E-state index contributed by atoms with van der Waals surface area (Å²) < 4.78 is 13.2. The van der Waals surface area contributed by atoms with E-state index in [9.17, 15) is 14.9 Å². The topological polar surface area (TPSA) is 109 Å². The van der Waals surface area contributed by atoms with Gasteiger partial charge in [-0.15, -0.1) is 0 Å². The third-order valence-corrected chi connectivity index (χ3v) is 6.46. The van der Waals surface area contributed by atoms with Crippen molar-refractivity contribution in [3.8, 4) is 11.5 Å². The van der Waals surface area contributed by atoms with Crippen LogP contribution in [0.4, 0.5) is 5.69 Å². The standard InChI is InChI=1S/C25H27BrN4O5/c1-3-34-22-13-16(12-21(30(32)33)23(22)35-4-2)15-27-29-24(17-8-6-5-7-9-17)28-20-11-10-18(26)14-19(20)25(29)31/h10-15,17H,3-9H2,1-2H3. The first-order chi connectivity index (χ1) is 16.9. The van der Waals surface area contributed by atoms with Gasteiger partial charge in [-0.3, -0.25) is 14.9 Å². The lowest BCUT2D eigenvalue weighted by Gasteiger charge is -2.22. The SMILES string of the molecule is CCOc1cc(C=Nn2c(C3CCCCC3)nc3ccc(Br)cc3c2=O)cc([N+](=O)[O-])c1OCC. The van der Waals surface area contributed by atoms with Crippen LogP contribution in [0, 0.1) is 10.1 Å². The van der Waals surface area contributed by atoms with Crippen LogP contribution in [0.1, 0.15) is 63.3 Å². The summed E-state index contributed by atoms with van der Waals surface area (Å²) in [7, 11) is 0. The Morgan fingerprint density at radius 3 is 2.60 bits per heavy atom. The van der Waals surface area contributed by atoms with Gasteiger partial charge in [0.15, 0.2) is 5.75 Å². The van der Waals surface area contributed by atoms with Crippen LogP contribution in [-0.2, 0) is 0 Å². The number of fused-ring (bicyclic) bond motifs is 1. The Bertz CT molecular complexity index is 1330. The smallest absolute Gasteiger partial charge is 0.315 e. The normalized spacial score (nSPS) is 14.5. The molecule has 0 aliphatic heterocycles. The van der Waals surface area contributed by atoms with Gasteiger partial charge in [0.2, 0.25) is 5.75 Å². The number of hydrogen-bond donors (Lipinski definition) is 0.